The zero-order valence-electron chi connectivity index (χ0n) is 20.0. The minimum Gasteiger partial charge on any atom is -0.377 e. The quantitative estimate of drug-likeness (QED) is 0.551. The molecular formula is C29H34O4. The first-order chi connectivity index (χ1) is 15.8. The highest BCUT2D eigenvalue weighted by molar-refractivity contribution is 5.99. The van der Waals surface area contributed by atoms with Crippen molar-refractivity contribution < 1.29 is 19.1 Å². The van der Waals surface area contributed by atoms with Crippen LogP contribution in [0.4, 0.5) is 0 Å². The van der Waals surface area contributed by atoms with Crippen molar-refractivity contribution in [2.45, 2.75) is 64.7 Å². The van der Waals surface area contributed by atoms with Crippen molar-refractivity contribution in [2.75, 3.05) is 13.7 Å². The molecule has 2 fully saturated rings. The van der Waals surface area contributed by atoms with E-state index in [0.717, 1.165) is 50.5 Å². The third-order valence-corrected chi connectivity index (χ3v) is 9.24. The standard InChI is InChI=1S/C29H34O4/c1-17(30)18-4-6-19(7-5-18)24-15-23-20(14-27(24)31)8-9-22-21(23)12-13-29(2)25(22)10-11-26(29)28(32)16-33-3/h4-7,14,22,24-26H,8-13,15-16H2,1-3H3/t22-,24?,25+,26-,29+/m1/s1. The van der Waals surface area contributed by atoms with Crippen LogP contribution >= 0.6 is 0 Å². The number of rotatable bonds is 5. The molecule has 5 atom stereocenters. The van der Waals surface area contributed by atoms with Crippen LogP contribution in [0.2, 0.25) is 0 Å². The van der Waals surface area contributed by atoms with Crippen LogP contribution in [-0.2, 0) is 14.3 Å². The second-order valence-corrected chi connectivity index (χ2v) is 10.8. The zero-order chi connectivity index (χ0) is 23.3. The highest BCUT2D eigenvalue weighted by atomic mass is 16.5. The maximum atomic E-state index is 13.0. The third kappa shape index (κ3) is 3.67. The average molecular weight is 447 g/mol. The Morgan fingerprint density at radius 3 is 2.55 bits per heavy atom. The molecule has 4 nitrogen and oxygen atoms in total. The summed E-state index contributed by atoms with van der Waals surface area (Å²) in [5, 5.41) is 0. The Bertz CT molecular complexity index is 1060. The Morgan fingerprint density at radius 1 is 1.09 bits per heavy atom. The van der Waals surface area contributed by atoms with Crippen molar-refractivity contribution in [1.29, 1.82) is 0 Å². The van der Waals surface area contributed by atoms with Crippen LogP contribution in [0.5, 0.6) is 0 Å². The van der Waals surface area contributed by atoms with E-state index in [9.17, 15) is 14.4 Å². The Kier molecular flexibility index (Phi) is 5.76. The molecule has 1 aromatic rings. The topological polar surface area (TPSA) is 60.4 Å². The normalized spacial score (nSPS) is 33.2. The van der Waals surface area contributed by atoms with Gasteiger partial charge in [0.2, 0.25) is 0 Å². The molecule has 0 saturated heterocycles. The molecule has 5 rings (SSSR count). The van der Waals surface area contributed by atoms with Gasteiger partial charge in [0.05, 0.1) is 5.92 Å². The first-order valence-corrected chi connectivity index (χ1v) is 12.4. The van der Waals surface area contributed by atoms with Crippen LogP contribution in [0.3, 0.4) is 0 Å². The lowest BCUT2D eigenvalue weighted by Crippen LogP contribution is -2.43. The molecule has 0 radical (unpaired) electrons. The lowest BCUT2D eigenvalue weighted by molar-refractivity contribution is -0.131. The summed E-state index contributed by atoms with van der Waals surface area (Å²) in [6, 6.07) is 7.58. The molecule has 0 N–H and O–H groups in total. The van der Waals surface area contributed by atoms with E-state index in [0.29, 0.717) is 17.4 Å². The van der Waals surface area contributed by atoms with Crippen LogP contribution in [0.15, 0.2) is 47.1 Å². The number of ether oxygens (including phenoxy) is 1. The minimum absolute atomic E-state index is 0.0443. The molecule has 174 valence electrons. The SMILES string of the molecule is COCC(=O)[C@H]1CC[C@H]2[C@@H]3CCC4=CC(=O)C(c5ccc(C(C)=O)cc5)CC4=C3CC[C@]12C. The number of Topliss-reactive ketones (excluding diaryl/α,β-unsaturated/α-hetero) is 2. The van der Waals surface area contributed by atoms with E-state index in [4.69, 9.17) is 4.74 Å². The Balaban J connectivity index is 1.44. The van der Waals surface area contributed by atoms with Crippen molar-refractivity contribution in [3.8, 4) is 0 Å². The van der Waals surface area contributed by atoms with E-state index in [1.807, 2.05) is 30.3 Å². The van der Waals surface area contributed by atoms with E-state index in [1.165, 1.54) is 11.1 Å². The molecule has 4 aliphatic rings. The van der Waals surface area contributed by atoms with Gasteiger partial charge in [0.25, 0.3) is 0 Å². The molecule has 2 saturated carbocycles. The van der Waals surface area contributed by atoms with Gasteiger partial charge in [-0.2, -0.15) is 0 Å². The summed E-state index contributed by atoms with van der Waals surface area (Å²) < 4.78 is 5.19. The third-order valence-electron chi connectivity index (χ3n) is 9.24. The average Bonchev–Trinajstić information content (AvgIpc) is 3.16. The Labute approximate surface area is 196 Å². The Hall–Kier alpha value is -2.33. The fourth-order valence-corrected chi connectivity index (χ4v) is 7.54. The van der Waals surface area contributed by atoms with Crippen molar-refractivity contribution in [1.82, 2.24) is 0 Å². The summed E-state index contributed by atoms with van der Waals surface area (Å²) in [5.74, 6) is 1.54. The summed E-state index contributed by atoms with van der Waals surface area (Å²) in [6.45, 7) is 4.14. The second-order valence-electron chi connectivity index (χ2n) is 10.8. The van der Waals surface area contributed by atoms with Crippen LogP contribution in [0, 0.1) is 23.2 Å². The van der Waals surface area contributed by atoms with Crippen molar-refractivity contribution >= 4 is 17.3 Å². The minimum atomic E-state index is -0.163. The maximum absolute atomic E-state index is 13.0. The van der Waals surface area contributed by atoms with Gasteiger partial charge in [0.1, 0.15) is 6.61 Å². The molecule has 4 heteroatoms. The fourth-order valence-electron chi connectivity index (χ4n) is 7.54. The number of methoxy groups -OCH3 is 1. The van der Waals surface area contributed by atoms with Gasteiger partial charge >= 0.3 is 0 Å². The molecule has 1 aromatic carbocycles. The molecule has 0 heterocycles. The van der Waals surface area contributed by atoms with E-state index in [2.05, 4.69) is 6.92 Å². The number of carbonyl (C=O) groups is 3. The number of carbonyl (C=O) groups excluding carboxylic acids is 3. The van der Waals surface area contributed by atoms with Gasteiger partial charge in [-0.25, -0.2) is 0 Å². The van der Waals surface area contributed by atoms with Crippen molar-refractivity contribution in [2.24, 2.45) is 23.2 Å². The number of benzene rings is 1. The summed E-state index contributed by atoms with van der Waals surface area (Å²) in [4.78, 5) is 37.5. The molecule has 0 aromatic heterocycles. The zero-order valence-corrected chi connectivity index (χ0v) is 20.0. The predicted octanol–water partition coefficient (Wildman–Crippen LogP) is 5.62. The first-order valence-electron chi connectivity index (χ1n) is 12.4. The molecule has 0 aliphatic heterocycles. The summed E-state index contributed by atoms with van der Waals surface area (Å²) in [7, 11) is 1.61. The highest BCUT2D eigenvalue weighted by Gasteiger charge is 2.55. The van der Waals surface area contributed by atoms with E-state index in [1.54, 1.807) is 19.6 Å². The lowest BCUT2D eigenvalue weighted by atomic mass is 9.55. The van der Waals surface area contributed by atoms with Gasteiger partial charge < -0.3 is 4.74 Å². The first kappa shape index (κ1) is 22.5. The molecule has 4 aliphatic carbocycles. The maximum Gasteiger partial charge on any atom is 0.163 e. The van der Waals surface area contributed by atoms with Crippen LogP contribution in [-0.4, -0.2) is 31.1 Å². The summed E-state index contributed by atoms with van der Waals surface area (Å²) in [6.07, 6.45) is 8.92. The van der Waals surface area contributed by atoms with Gasteiger partial charge in [-0.3, -0.25) is 14.4 Å². The molecule has 0 spiro atoms. The molecule has 0 amide bonds. The van der Waals surface area contributed by atoms with E-state index in [-0.39, 0.29) is 41.2 Å². The lowest BCUT2D eigenvalue weighted by Gasteiger charge is -2.49. The van der Waals surface area contributed by atoms with Crippen LogP contribution in [0.1, 0.15) is 80.6 Å². The molecular weight excluding hydrogens is 412 g/mol. The molecule has 0 bridgehead atoms. The molecule has 33 heavy (non-hydrogen) atoms. The number of ketones is 3. The number of fused-ring (bicyclic) bond motifs is 4. The number of hydrogen-bond acceptors (Lipinski definition) is 4. The van der Waals surface area contributed by atoms with Crippen molar-refractivity contribution in [3.05, 3.63) is 58.2 Å². The fraction of sp³-hybridized carbons (Fsp3) is 0.552. The van der Waals surface area contributed by atoms with Crippen LogP contribution in [0.25, 0.3) is 0 Å². The van der Waals surface area contributed by atoms with Gasteiger partial charge in [-0.15, -0.1) is 0 Å². The van der Waals surface area contributed by atoms with Gasteiger partial charge in [0, 0.05) is 18.6 Å². The second kappa shape index (κ2) is 8.47. The smallest absolute Gasteiger partial charge is 0.163 e. The van der Waals surface area contributed by atoms with Crippen molar-refractivity contribution in [3.63, 3.8) is 0 Å². The van der Waals surface area contributed by atoms with Gasteiger partial charge in [-0.05, 0) is 91.9 Å². The van der Waals surface area contributed by atoms with Gasteiger partial charge in [0.15, 0.2) is 17.3 Å². The molecule has 1 unspecified atom stereocenters. The summed E-state index contributed by atoms with van der Waals surface area (Å²) >= 11 is 0. The van der Waals surface area contributed by atoms with E-state index < -0.39 is 0 Å². The monoisotopic (exact) mass is 446 g/mol. The summed E-state index contributed by atoms with van der Waals surface area (Å²) in [5.41, 5.74) is 5.98. The largest absolute Gasteiger partial charge is 0.377 e. The highest BCUT2D eigenvalue weighted by Crippen LogP contribution is 2.62. The predicted molar refractivity (Wildman–Crippen MR) is 127 cm³/mol. The van der Waals surface area contributed by atoms with Crippen LogP contribution < -0.4 is 0 Å². The number of allylic oxidation sites excluding steroid dienone is 4. The Morgan fingerprint density at radius 2 is 1.85 bits per heavy atom. The van der Waals surface area contributed by atoms with E-state index >= 15 is 0 Å². The van der Waals surface area contributed by atoms with Gasteiger partial charge in [-0.1, -0.05) is 36.8 Å². The number of hydrogen-bond donors (Lipinski definition) is 0.